The van der Waals surface area contributed by atoms with Crippen molar-refractivity contribution in [3.63, 3.8) is 0 Å². The van der Waals surface area contributed by atoms with Crippen molar-refractivity contribution in [2.45, 2.75) is 39.7 Å². The minimum Gasteiger partial charge on any atom is -0.242 e. The normalized spacial score (nSPS) is 22.5. The third kappa shape index (κ3) is 2.46. The van der Waals surface area contributed by atoms with Crippen molar-refractivity contribution in [3.05, 3.63) is 0 Å². The molecule has 72 valence electrons. The lowest BCUT2D eigenvalue weighted by Gasteiger charge is -2.39. The highest BCUT2D eigenvalue weighted by atomic mass is 15.6. The maximum absolute atomic E-state index is 2.48. The number of rotatable bonds is 2. The summed E-state index contributed by atoms with van der Waals surface area (Å²) in [6, 6.07) is 0.637. The molecule has 1 fully saturated rings. The molecule has 0 aliphatic carbocycles. The van der Waals surface area contributed by atoms with Crippen LogP contribution in [0.25, 0.3) is 0 Å². The first kappa shape index (κ1) is 10.0. The van der Waals surface area contributed by atoms with E-state index in [1.54, 1.807) is 0 Å². The standard InChI is InChI=1S/C10H22N2/c1-9(2)11(4)12-7-5-10(3)6-8-12/h9-10H,5-8H2,1-4H3. The van der Waals surface area contributed by atoms with Gasteiger partial charge in [0.25, 0.3) is 0 Å². The average molecular weight is 170 g/mol. The SMILES string of the molecule is CC1CCN(N(C)C(C)C)CC1. The molecular weight excluding hydrogens is 148 g/mol. The van der Waals surface area contributed by atoms with Crippen LogP contribution >= 0.6 is 0 Å². The van der Waals surface area contributed by atoms with Gasteiger partial charge in [-0.2, -0.15) is 0 Å². The zero-order valence-corrected chi connectivity index (χ0v) is 8.88. The van der Waals surface area contributed by atoms with Crippen LogP contribution in [0.5, 0.6) is 0 Å². The molecule has 1 aliphatic heterocycles. The molecule has 2 nitrogen and oxygen atoms in total. The zero-order valence-electron chi connectivity index (χ0n) is 8.88. The molecule has 2 heteroatoms. The quantitative estimate of drug-likeness (QED) is 0.625. The average Bonchev–Trinajstić information content (AvgIpc) is 2.04. The van der Waals surface area contributed by atoms with Gasteiger partial charge in [0.1, 0.15) is 0 Å². The first-order chi connectivity index (χ1) is 5.61. The van der Waals surface area contributed by atoms with Gasteiger partial charge in [-0.15, -0.1) is 0 Å². The van der Waals surface area contributed by atoms with Crippen molar-refractivity contribution in [1.82, 2.24) is 10.0 Å². The lowest BCUT2D eigenvalue weighted by atomic mass is 10.0. The van der Waals surface area contributed by atoms with Crippen LogP contribution in [-0.2, 0) is 0 Å². The Balaban J connectivity index is 2.34. The molecule has 12 heavy (non-hydrogen) atoms. The van der Waals surface area contributed by atoms with E-state index in [0.717, 1.165) is 5.92 Å². The maximum atomic E-state index is 2.48. The lowest BCUT2D eigenvalue weighted by molar-refractivity contribution is -0.0485. The minimum atomic E-state index is 0.637. The number of piperidine rings is 1. The zero-order chi connectivity index (χ0) is 9.14. The van der Waals surface area contributed by atoms with E-state index in [9.17, 15) is 0 Å². The van der Waals surface area contributed by atoms with E-state index in [1.165, 1.54) is 25.9 Å². The largest absolute Gasteiger partial charge is 0.242 e. The Labute approximate surface area is 76.5 Å². The maximum Gasteiger partial charge on any atom is 0.0186 e. The molecule has 0 saturated carbocycles. The highest BCUT2D eigenvalue weighted by molar-refractivity contribution is 4.68. The van der Waals surface area contributed by atoms with Crippen LogP contribution in [0, 0.1) is 5.92 Å². The van der Waals surface area contributed by atoms with Gasteiger partial charge in [-0.25, -0.2) is 10.0 Å². The monoisotopic (exact) mass is 170 g/mol. The second-order valence-electron chi connectivity index (χ2n) is 4.30. The fourth-order valence-corrected chi connectivity index (χ4v) is 1.64. The first-order valence-corrected chi connectivity index (χ1v) is 5.09. The van der Waals surface area contributed by atoms with E-state index >= 15 is 0 Å². The first-order valence-electron chi connectivity index (χ1n) is 5.09. The second kappa shape index (κ2) is 4.24. The third-order valence-electron chi connectivity index (χ3n) is 2.95. The van der Waals surface area contributed by atoms with Crippen LogP contribution in [-0.4, -0.2) is 36.2 Å². The van der Waals surface area contributed by atoms with Crippen molar-refractivity contribution >= 4 is 0 Å². The van der Waals surface area contributed by atoms with E-state index in [1.807, 2.05) is 0 Å². The van der Waals surface area contributed by atoms with Gasteiger partial charge in [0.05, 0.1) is 0 Å². The van der Waals surface area contributed by atoms with Gasteiger partial charge in [0.15, 0.2) is 0 Å². The molecule has 0 atom stereocenters. The lowest BCUT2D eigenvalue weighted by Crippen LogP contribution is -2.47. The molecule has 0 N–H and O–H groups in total. The molecule has 0 aromatic carbocycles. The van der Waals surface area contributed by atoms with Gasteiger partial charge < -0.3 is 0 Å². The Kier molecular flexibility index (Phi) is 3.53. The van der Waals surface area contributed by atoms with E-state index in [-0.39, 0.29) is 0 Å². The molecule has 0 aromatic rings. The topological polar surface area (TPSA) is 6.48 Å². The van der Waals surface area contributed by atoms with Gasteiger partial charge >= 0.3 is 0 Å². The molecular formula is C10H22N2. The summed E-state index contributed by atoms with van der Waals surface area (Å²) < 4.78 is 0. The summed E-state index contributed by atoms with van der Waals surface area (Å²) in [5, 5.41) is 4.84. The van der Waals surface area contributed by atoms with Crippen LogP contribution in [0.15, 0.2) is 0 Å². The molecule has 0 bridgehead atoms. The predicted molar refractivity (Wildman–Crippen MR) is 52.9 cm³/mol. The highest BCUT2D eigenvalue weighted by Gasteiger charge is 2.19. The van der Waals surface area contributed by atoms with Crippen molar-refractivity contribution in [2.75, 3.05) is 20.1 Å². The number of nitrogens with zero attached hydrogens (tertiary/aromatic N) is 2. The van der Waals surface area contributed by atoms with Crippen LogP contribution in [0.2, 0.25) is 0 Å². The summed E-state index contributed by atoms with van der Waals surface area (Å²) in [6.45, 7) is 9.34. The van der Waals surface area contributed by atoms with E-state index < -0.39 is 0 Å². The van der Waals surface area contributed by atoms with Crippen LogP contribution in [0.1, 0.15) is 33.6 Å². The number of hydrogen-bond donors (Lipinski definition) is 0. The molecule has 0 aromatic heterocycles. The van der Waals surface area contributed by atoms with Crippen molar-refractivity contribution in [3.8, 4) is 0 Å². The summed E-state index contributed by atoms with van der Waals surface area (Å²) in [7, 11) is 2.20. The Morgan fingerprint density at radius 3 is 2.17 bits per heavy atom. The Morgan fingerprint density at radius 1 is 1.25 bits per heavy atom. The smallest absolute Gasteiger partial charge is 0.0186 e. The summed E-state index contributed by atoms with van der Waals surface area (Å²) >= 11 is 0. The van der Waals surface area contributed by atoms with Crippen LogP contribution in [0.3, 0.4) is 0 Å². The Morgan fingerprint density at radius 2 is 1.75 bits per heavy atom. The van der Waals surface area contributed by atoms with Gasteiger partial charge in [-0.3, -0.25) is 0 Å². The summed E-state index contributed by atoms with van der Waals surface area (Å²) in [5.41, 5.74) is 0. The predicted octanol–water partition coefficient (Wildman–Crippen LogP) is 1.97. The Hall–Kier alpha value is -0.0800. The number of hydrazine groups is 1. The molecule has 0 unspecified atom stereocenters. The van der Waals surface area contributed by atoms with E-state index in [4.69, 9.17) is 0 Å². The van der Waals surface area contributed by atoms with Gasteiger partial charge in [0, 0.05) is 26.2 Å². The summed E-state index contributed by atoms with van der Waals surface area (Å²) in [5.74, 6) is 0.932. The van der Waals surface area contributed by atoms with Gasteiger partial charge in [-0.05, 0) is 32.6 Å². The van der Waals surface area contributed by atoms with Crippen molar-refractivity contribution < 1.29 is 0 Å². The van der Waals surface area contributed by atoms with Crippen molar-refractivity contribution in [1.29, 1.82) is 0 Å². The fourth-order valence-electron chi connectivity index (χ4n) is 1.64. The third-order valence-corrected chi connectivity index (χ3v) is 2.95. The fraction of sp³-hybridized carbons (Fsp3) is 1.00. The van der Waals surface area contributed by atoms with Crippen LogP contribution in [0.4, 0.5) is 0 Å². The molecule has 1 rings (SSSR count). The highest BCUT2D eigenvalue weighted by Crippen LogP contribution is 2.17. The molecule has 1 saturated heterocycles. The number of hydrogen-bond acceptors (Lipinski definition) is 2. The van der Waals surface area contributed by atoms with Crippen molar-refractivity contribution in [2.24, 2.45) is 5.92 Å². The van der Waals surface area contributed by atoms with Gasteiger partial charge in [-0.1, -0.05) is 6.92 Å². The Bertz CT molecular complexity index is 126. The second-order valence-corrected chi connectivity index (χ2v) is 4.30. The van der Waals surface area contributed by atoms with Crippen LogP contribution < -0.4 is 0 Å². The summed E-state index contributed by atoms with van der Waals surface area (Å²) in [4.78, 5) is 0. The van der Waals surface area contributed by atoms with E-state index in [0.29, 0.717) is 6.04 Å². The van der Waals surface area contributed by atoms with Gasteiger partial charge in [0.2, 0.25) is 0 Å². The minimum absolute atomic E-state index is 0.637. The molecule has 1 aliphatic rings. The molecule has 0 amide bonds. The summed E-state index contributed by atoms with van der Waals surface area (Å²) in [6.07, 6.45) is 2.72. The molecule has 0 spiro atoms. The van der Waals surface area contributed by atoms with E-state index in [2.05, 4.69) is 37.8 Å². The molecule has 1 heterocycles. The molecule has 0 radical (unpaired) electrons.